The van der Waals surface area contributed by atoms with Crippen molar-refractivity contribution in [3.63, 3.8) is 0 Å². The lowest BCUT2D eigenvalue weighted by atomic mass is 10.2. The van der Waals surface area contributed by atoms with Crippen molar-refractivity contribution in [1.29, 1.82) is 0 Å². The number of ether oxygens (including phenoxy) is 1. The molecule has 0 saturated heterocycles. The predicted molar refractivity (Wildman–Crippen MR) is 81.8 cm³/mol. The molecule has 0 atom stereocenters. The molecule has 106 valence electrons. The Labute approximate surface area is 126 Å². The number of nitrogens with zero attached hydrogens (tertiary/aromatic N) is 2. The molecule has 3 aromatic rings. The van der Waals surface area contributed by atoms with Gasteiger partial charge in [0.1, 0.15) is 4.88 Å². The molecule has 21 heavy (non-hydrogen) atoms. The maximum absolute atomic E-state index is 11.9. The molecule has 0 aliphatic rings. The zero-order chi connectivity index (χ0) is 14.7. The van der Waals surface area contributed by atoms with Crippen LogP contribution in [-0.2, 0) is 6.54 Å². The van der Waals surface area contributed by atoms with Crippen LogP contribution in [0.4, 0.5) is 0 Å². The van der Waals surface area contributed by atoms with Crippen molar-refractivity contribution in [2.24, 2.45) is 0 Å². The molecule has 4 nitrogen and oxygen atoms in total. The van der Waals surface area contributed by atoms with Gasteiger partial charge in [-0.15, -0.1) is 11.3 Å². The first kappa shape index (κ1) is 13.6. The number of benzene rings is 1. The summed E-state index contributed by atoms with van der Waals surface area (Å²) in [6.45, 7) is 2.55. The van der Waals surface area contributed by atoms with E-state index < -0.39 is 0 Å². The van der Waals surface area contributed by atoms with Crippen LogP contribution in [0.25, 0.3) is 0 Å². The summed E-state index contributed by atoms with van der Waals surface area (Å²) >= 11 is 1.36. The summed E-state index contributed by atoms with van der Waals surface area (Å²) in [6, 6.07) is 13.6. The van der Waals surface area contributed by atoms with Gasteiger partial charge in [-0.05, 0) is 23.9 Å². The summed E-state index contributed by atoms with van der Waals surface area (Å²) in [5.74, 6) is 0.164. The Morgan fingerprint density at radius 1 is 1.24 bits per heavy atom. The van der Waals surface area contributed by atoms with E-state index in [0.717, 1.165) is 11.3 Å². The van der Waals surface area contributed by atoms with Gasteiger partial charge in [-0.1, -0.05) is 36.4 Å². The maximum atomic E-state index is 11.9. The van der Waals surface area contributed by atoms with E-state index in [1.165, 1.54) is 11.3 Å². The maximum Gasteiger partial charge on any atom is 0.353 e. The molecule has 0 bridgehead atoms. The highest BCUT2D eigenvalue weighted by molar-refractivity contribution is 7.12. The minimum absolute atomic E-state index is 0.340. The highest BCUT2D eigenvalue weighted by Crippen LogP contribution is 2.20. The van der Waals surface area contributed by atoms with E-state index >= 15 is 0 Å². The molecule has 0 aliphatic carbocycles. The van der Waals surface area contributed by atoms with Gasteiger partial charge in [0.15, 0.2) is 5.75 Å². The van der Waals surface area contributed by atoms with Crippen LogP contribution in [0, 0.1) is 6.92 Å². The molecule has 0 N–H and O–H groups in total. The highest BCUT2D eigenvalue weighted by atomic mass is 32.1. The summed E-state index contributed by atoms with van der Waals surface area (Å²) in [7, 11) is 0. The fourth-order valence-electron chi connectivity index (χ4n) is 1.99. The first-order chi connectivity index (χ1) is 10.2. The molecule has 0 unspecified atom stereocenters. The minimum atomic E-state index is -0.340. The van der Waals surface area contributed by atoms with Gasteiger partial charge in [-0.25, -0.2) is 4.79 Å². The molecule has 0 spiro atoms. The van der Waals surface area contributed by atoms with Gasteiger partial charge in [0, 0.05) is 0 Å². The third kappa shape index (κ3) is 3.03. The number of rotatable bonds is 4. The fourth-order valence-corrected chi connectivity index (χ4v) is 2.59. The van der Waals surface area contributed by atoms with Crippen LogP contribution in [-0.4, -0.2) is 15.7 Å². The van der Waals surface area contributed by atoms with Crippen LogP contribution < -0.4 is 4.74 Å². The van der Waals surface area contributed by atoms with Crippen molar-refractivity contribution in [2.75, 3.05) is 0 Å². The van der Waals surface area contributed by atoms with E-state index in [4.69, 9.17) is 4.74 Å². The van der Waals surface area contributed by atoms with E-state index in [-0.39, 0.29) is 5.97 Å². The van der Waals surface area contributed by atoms with Crippen molar-refractivity contribution >= 4 is 17.3 Å². The topological polar surface area (TPSA) is 44.1 Å². The number of hydrogen-bond acceptors (Lipinski definition) is 4. The third-order valence-corrected chi connectivity index (χ3v) is 4.01. The van der Waals surface area contributed by atoms with Crippen molar-refractivity contribution in [3.8, 4) is 5.75 Å². The monoisotopic (exact) mass is 298 g/mol. The molecule has 2 aromatic heterocycles. The van der Waals surface area contributed by atoms with E-state index in [1.54, 1.807) is 12.3 Å². The second-order valence-corrected chi connectivity index (χ2v) is 5.55. The largest absolute Gasteiger partial charge is 0.419 e. The van der Waals surface area contributed by atoms with Crippen molar-refractivity contribution in [1.82, 2.24) is 9.78 Å². The lowest BCUT2D eigenvalue weighted by molar-refractivity contribution is 0.0738. The molecular weight excluding hydrogens is 284 g/mol. The first-order valence-electron chi connectivity index (χ1n) is 6.56. The SMILES string of the molecule is Cc1c(OC(=O)c2cccs2)cnn1Cc1ccccc1. The Hall–Kier alpha value is -2.40. The van der Waals surface area contributed by atoms with Gasteiger partial charge < -0.3 is 4.74 Å². The second-order valence-electron chi connectivity index (χ2n) is 4.60. The number of carbonyl (C=O) groups is 1. The lowest BCUT2D eigenvalue weighted by Gasteiger charge is -2.05. The Kier molecular flexibility index (Phi) is 3.83. The van der Waals surface area contributed by atoms with Crippen LogP contribution in [0.2, 0.25) is 0 Å². The van der Waals surface area contributed by atoms with Crippen molar-refractivity contribution < 1.29 is 9.53 Å². The third-order valence-electron chi connectivity index (χ3n) is 3.16. The normalized spacial score (nSPS) is 10.5. The lowest BCUT2D eigenvalue weighted by Crippen LogP contribution is -2.08. The summed E-state index contributed by atoms with van der Waals surface area (Å²) in [4.78, 5) is 12.5. The van der Waals surface area contributed by atoms with Crippen molar-refractivity contribution in [2.45, 2.75) is 13.5 Å². The number of thiophene rings is 1. The minimum Gasteiger partial charge on any atom is -0.419 e. The quantitative estimate of drug-likeness (QED) is 0.692. The van der Waals surface area contributed by atoms with Crippen molar-refractivity contribution in [3.05, 3.63) is 70.2 Å². The Morgan fingerprint density at radius 2 is 2.05 bits per heavy atom. The predicted octanol–water partition coefficient (Wildman–Crippen LogP) is 3.52. The Bertz CT molecular complexity index is 733. The first-order valence-corrected chi connectivity index (χ1v) is 7.44. The van der Waals surface area contributed by atoms with Crippen LogP contribution in [0.1, 0.15) is 20.9 Å². The number of hydrogen-bond donors (Lipinski definition) is 0. The molecular formula is C16H14N2O2S. The van der Waals surface area contributed by atoms with E-state index in [0.29, 0.717) is 17.2 Å². The van der Waals surface area contributed by atoms with Crippen LogP contribution in [0.3, 0.4) is 0 Å². The van der Waals surface area contributed by atoms with Gasteiger partial charge in [-0.2, -0.15) is 5.10 Å². The van der Waals surface area contributed by atoms with Crippen LogP contribution in [0.15, 0.2) is 54.0 Å². The molecule has 5 heteroatoms. The summed E-state index contributed by atoms with van der Waals surface area (Å²) < 4.78 is 7.22. The summed E-state index contributed by atoms with van der Waals surface area (Å²) in [6.07, 6.45) is 1.59. The average molecular weight is 298 g/mol. The molecule has 0 saturated carbocycles. The smallest absolute Gasteiger partial charge is 0.353 e. The highest BCUT2D eigenvalue weighted by Gasteiger charge is 2.14. The fraction of sp³-hybridized carbons (Fsp3) is 0.125. The average Bonchev–Trinajstić information content (AvgIpc) is 3.14. The standard InChI is InChI=1S/C16H14N2O2S/c1-12-14(20-16(19)15-8-5-9-21-15)10-17-18(12)11-13-6-3-2-4-7-13/h2-10H,11H2,1H3. The molecule has 1 aromatic carbocycles. The molecule has 2 heterocycles. The molecule has 3 rings (SSSR count). The Balaban J connectivity index is 1.75. The zero-order valence-electron chi connectivity index (χ0n) is 11.5. The molecule has 0 amide bonds. The number of esters is 1. The van der Waals surface area contributed by atoms with Crippen LogP contribution in [0.5, 0.6) is 5.75 Å². The second kappa shape index (κ2) is 5.93. The van der Waals surface area contributed by atoms with Gasteiger partial charge in [0.25, 0.3) is 0 Å². The molecule has 0 fully saturated rings. The van der Waals surface area contributed by atoms with E-state index in [2.05, 4.69) is 5.10 Å². The number of carbonyl (C=O) groups excluding carboxylic acids is 1. The number of aromatic nitrogens is 2. The van der Waals surface area contributed by atoms with Gasteiger partial charge in [0.05, 0.1) is 18.4 Å². The van der Waals surface area contributed by atoms with E-state index in [1.807, 2.05) is 53.4 Å². The zero-order valence-corrected chi connectivity index (χ0v) is 12.3. The van der Waals surface area contributed by atoms with Gasteiger partial charge in [-0.3, -0.25) is 4.68 Å². The molecule has 0 radical (unpaired) electrons. The summed E-state index contributed by atoms with van der Waals surface area (Å²) in [5, 5.41) is 6.14. The van der Waals surface area contributed by atoms with Crippen LogP contribution >= 0.6 is 11.3 Å². The molecule has 0 aliphatic heterocycles. The van der Waals surface area contributed by atoms with E-state index in [9.17, 15) is 4.79 Å². The Morgan fingerprint density at radius 3 is 2.76 bits per heavy atom. The van der Waals surface area contributed by atoms with Gasteiger partial charge >= 0.3 is 5.97 Å². The summed E-state index contributed by atoms with van der Waals surface area (Å²) in [5.41, 5.74) is 1.99. The van der Waals surface area contributed by atoms with Gasteiger partial charge in [0.2, 0.25) is 0 Å².